The van der Waals surface area contributed by atoms with Gasteiger partial charge in [0.15, 0.2) is 0 Å². The average Bonchev–Trinajstić information content (AvgIpc) is 2.82. The number of methoxy groups -OCH3 is 1. The quantitative estimate of drug-likeness (QED) is 0.694. The van der Waals surface area contributed by atoms with Crippen LogP contribution in [0.25, 0.3) is 0 Å². The van der Waals surface area contributed by atoms with Crippen LogP contribution in [0.2, 0.25) is 0 Å². The third-order valence-electron chi connectivity index (χ3n) is 6.78. The molecule has 0 saturated carbocycles. The summed E-state index contributed by atoms with van der Waals surface area (Å²) in [5.41, 5.74) is 1.83. The molecule has 2 fully saturated rings. The van der Waals surface area contributed by atoms with Crippen molar-refractivity contribution in [3.05, 3.63) is 35.5 Å². The maximum absolute atomic E-state index is 11.4. The lowest BCUT2D eigenvalue weighted by atomic mass is 9.51. The van der Waals surface area contributed by atoms with Gasteiger partial charge in [0.1, 0.15) is 12.2 Å². The molecular weight excluding hydrogens is 294 g/mol. The fourth-order valence-electron chi connectivity index (χ4n) is 5.85. The first-order chi connectivity index (χ1) is 11.0. The zero-order valence-electron chi connectivity index (χ0n) is 13.5. The third kappa shape index (κ3) is 1.47. The Balaban J connectivity index is 1.78. The third-order valence-corrected chi connectivity index (χ3v) is 6.78. The average molecular weight is 317 g/mol. The summed E-state index contributed by atoms with van der Waals surface area (Å²) in [6.07, 6.45) is 8.18. The van der Waals surface area contributed by atoms with Crippen molar-refractivity contribution in [2.24, 2.45) is 11.3 Å². The van der Waals surface area contributed by atoms with E-state index in [1.807, 2.05) is 12.2 Å². The lowest BCUT2D eigenvalue weighted by Crippen LogP contribution is -2.62. The maximum atomic E-state index is 11.4. The van der Waals surface area contributed by atoms with E-state index in [1.165, 1.54) is 5.57 Å². The number of hydrogen-bond acceptors (Lipinski definition) is 5. The van der Waals surface area contributed by atoms with Crippen LogP contribution in [0.1, 0.15) is 12.8 Å². The van der Waals surface area contributed by atoms with E-state index in [0.29, 0.717) is 6.04 Å². The Morgan fingerprint density at radius 3 is 2.96 bits per heavy atom. The first-order valence-corrected chi connectivity index (χ1v) is 8.44. The minimum Gasteiger partial charge on any atom is -0.386 e. The van der Waals surface area contributed by atoms with Crippen LogP contribution in [-0.2, 0) is 9.47 Å². The van der Waals surface area contributed by atoms with E-state index >= 15 is 0 Å². The van der Waals surface area contributed by atoms with E-state index in [1.54, 1.807) is 7.11 Å². The van der Waals surface area contributed by atoms with Crippen LogP contribution >= 0.6 is 0 Å². The molecule has 3 aliphatic carbocycles. The van der Waals surface area contributed by atoms with Gasteiger partial charge in [0.25, 0.3) is 0 Å². The predicted octanol–water partition coefficient (Wildman–Crippen LogP) is 0.596. The highest BCUT2D eigenvalue weighted by Gasteiger charge is 2.71. The molecule has 0 radical (unpaired) electrons. The van der Waals surface area contributed by atoms with Crippen LogP contribution in [0.5, 0.6) is 0 Å². The molecule has 2 heterocycles. The summed E-state index contributed by atoms with van der Waals surface area (Å²) < 4.78 is 11.7. The van der Waals surface area contributed by atoms with Gasteiger partial charge in [-0.1, -0.05) is 18.2 Å². The summed E-state index contributed by atoms with van der Waals surface area (Å²) in [5.74, 6) is -1.18. The van der Waals surface area contributed by atoms with Crippen molar-refractivity contribution in [2.75, 3.05) is 20.7 Å². The molecular formula is C18H23NO4. The van der Waals surface area contributed by atoms with Crippen LogP contribution in [0, 0.1) is 11.3 Å². The highest BCUT2D eigenvalue weighted by molar-refractivity contribution is 5.51. The molecule has 0 aromatic carbocycles. The molecule has 23 heavy (non-hydrogen) atoms. The molecule has 0 amide bonds. The molecule has 5 nitrogen and oxygen atoms in total. The molecule has 0 aromatic rings. The van der Waals surface area contributed by atoms with Crippen molar-refractivity contribution in [1.29, 1.82) is 0 Å². The van der Waals surface area contributed by atoms with Gasteiger partial charge in [0, 0.05) is 30.1 Å². The van der Waals surface area contributed by atoms with E-state index < -0.39 is 24.1 Å². The highest BCUT2D eigenvalue weighted by atomic mass is 16.7. The fraction of sp³-hybridized carbons (Fsp3) is 0.667. The van der Waals surface area contributed by atoms with Crippen molar-refractivity contribution < 1.29 is 19.7 Å². The Morgan fingerprint density at radius 2 is 2.17 bits per heavy atom. The van der Waals surface area contributed by atoms with Crippen LogP contribution in [0.3, 0.4) is 0 Å². The molecule has 2 unspecified atom stereocenters. The molecule has 7 atom stereocenters. The van der Waals surface area contributed by atoms with E-state index in [4.69, 9.17) is 9.47 Å². The molecule has 1 spiro atoms. The van der Waals surface area contributed by atoms with Crippen molar-refractivity contribution in [2.45, 2.75) is 43.0 Å². The second-order valence-corrected chi connectivity index (χ2v) is 7.59. The summed E-state index contributed by atoms with van der Waals surface area (Å²) in [7, 11) is 3.76. The number of nitrogens with zero attached hydrogens (tertiary/aromatic N) is 1. The number of rotatable bonds is 1. The Labute approximate surface area is 135 Å². The fourth-order valence-corrected chi connectivity index (χ4v) is 5.85. The van der Waals surface area contributed by atoms with Crippen LogP contribution < -0.4 is 0 Å². The molecule has 5 heteroatoms. The topological polar surface area (TPSA) is 62.2 Å². The SMILES string of the molecule is COC1C=CC2=C3C1(O)O[C@H]1[C@@H](O)C=C[C@H]4[C@@H](C2)N(C)CC[C@@]341. The Bertz CT molecular complexity index is 655. The standard InChI is InChI=1S/C18H23NO4/c1-19-8-7-17-11-4-5-13(20)16(17)23-18(21)14(22-2)6-3-10(15(17)18)9-12(11)19/h3-6,11-14,16,20-21H,7-9H2,1-2H3/t11-,12+,13-,14?,16-,17-,18?/m0/s1. The summed E-state index contributed by atoms with van der Waals surface area (Å²) in [4.78, 5) is 2.41. The molecule has 2 aliphatic heterocycles. The normalized spacial score (nSPS) is 53.7. The lowest BCUT2D eigenvalue weighted by Gasteiger charge is -2.57. The Kier molecular flexibility index (Phi) is 2.72. The molecule has 2 bridgehead atoms. The smallest absolute Gasteiger partial charge is 0.220 e. The van der Waals surface area contributed by atoms with Crippen molar-refractivity contribution in [1.82, 2.24) is 4.90 Å². The number of likely N-dealkylation sites (tertiary alicyclic amines) is 1. The molecule has 2 N–H and O–H groups in total. The minimum absolute atomic E-state index is 0.270. The summed E-state index contributed by atoms with van der Waals surface area (Å²) in [5, 5.41) is 22.0. The van der Waals surface area contributed by atoms with E-state index in [2.05, 4.69) is 24.1 Å². The van der Waals surface area contributed by atoms with Gasteiger partial charge in [-0.25, -0.2) is 0 Å². The van der Waals surface area contributed by atoms with Gasteiger partial charge >= 0.3 is 0 Å². The van der Waals surface area contributed by atoms with E-state index in [-0.39, 0.29) is 11.3 Å². The molecule has 5 rings (SSSR count). The zero-order chi connectivity index (χ0) is 16.0. The largest absolute Gasteiger partial charge is 0.386 e. The predicted molar refractivity (Wildman–Crippen MR) is 83.5 cm³/mol. The molecule has 0 aromatic heterocycles. The van der Waals surface area contributed by atoms with Crippen LogP contribution in [-0.4, -0.2) is 66.0 Å². The second kappa shape index (κ2) is 4.35. The Hall–Kier alpha value is -0.980. The first-order valence-electron chi connectivity index (χ1n) is 8.44. The number of piperidine rings is 1. The van der Waals surface area contributed by atoms with Crippen molar-refractivity contribution >= 4 is 0 Å². The first kappa shape index (κ1) is 14.4. The highest BCUT2D eigenvalue weighted by Crippen LogP contribution is 2.66. The van der Waals surface area contributed by atoms with Gasteiger partial charge in [-0.3, -0.25) is 0 Å². The number of aliphatic hydroxyl groups is 2. The molecule has 5 aliphatic rings. The monoisotopic (exact) mass is 317 g/mol. The van der Waals surface area contributed by atoms with Gasteiger partial charge in [-0.05, 0) is 38.1 Å². The van der Waals surface area contributed by atoms with Crippen molar-refractivity contribution in [3.63, 3.8) is 0 Å². The van der Waals surface area contributed by atoms with Gasteiger partial charge in [0.05, 0.1) is 6.10 Å². The number of hydrogen-bond donors (Lipinski definition) is 2. The van der Waals surface area contributed by atoms with E-state index in [9.17, 15) is 10.2 Å². The van der Waals surface area contributed by atoms with Gasteiger partial charge < -0.3 is 24.6 Å². The van der Waals surface area contributed by atoms with E-state index in [0.717, 1.165) is 25.0 Å². The number of allylic oxidation sites excluding steroid dienone is 1. The van der Waals surface area contributed by atoms with Crippen molar-refractivity contribution in [3.8, 4) is 0 Å². The number of ether oxygens (including phenoxy) is 2. The molecule has 2 saturated heterocycles. The summed E-state index contributed by atoms with van der Waals surface area (Å²) >= 11 is 0. The van der Waals surface area contributed by atoms with Crippen LogP contribution in [0.15, 0.2) is 35.5 Å². The summed E-state index contributed by atoms with van der Waals surface area (Å²) in [6.45, 7) is 0.954. The maximum Gasteiger partial charge on any atom is 0.220 e. The van der Waals surface area contributed by atoms with Gasteiger partial charge in [-0.15, -0.1) is 0 Å². The number of aliphatic hydroxyl groups excluding tert-OH is 1. The lowest BCUT2D eigenvalue weighted by molar-refractivity contribution is -0.237. The Morgan fingerprint density at radius 1 is 1.35 bits per heavy atom. The van der Waals surface area contributed by atoms with Crippen LogP contribution in [0.4, 0.5) is 0 Å². The van der Waals surface area contributed by atoms with Gasteiger partial charge in [-0.2, -0.15) is 0 Å². The minimum atomic E-state index is -1.45. The summed E-state index contributed by atoms with van der Waals surface area (Å²) in [6, 6.07) is 0.392. The molecule has 124 valence electrons. The second-order valence-electron chi connectivity index (χ2n) is 7.59. The zero-order valence-corrected chi connectivity index (χ0v) is 13.5. The van der Waals surface area contributed by atoms with Gasteiger partial charge in [0.2, 0.25) is 5.79 Å².